The van der Waals surface area contributed by atoms with Crippen molar-refractivity contribution in [3.05, 3.63) is 39.2 Å². The highest BCUT2D eigenvalue weighted by Crippen LogP contribution is 2.15. The summed E-state index contributed by atoms with van der Waals surface area (Å²) >= 11 is 2.77. The summed E-state index contributed by atoms with van der Waals surface area (Å²) in [6, 6.07) is 1.84. The molecule has 2 N–H and O–H groups in total. The quantitative estimate of drug-likeness (QED) is 0.762. The average molecular weight is 264 g/mol. The van der Waals surface area contributed by atoms with Gasteiger partial charge in [0.1, 0.15) is 4.70 Å². The number of thiazole rings is 1. The van der Waals surface area contributed by atoms with Crippen LogP contribution in [0.15, 0.2) is 27.9 Å². The zero-order valence-electron chi connectivity index (χ0n) is 8.66. The van der Waals surface area contributed by atoms with Crippen molar-refractivity contribution in [2.45, 2.75) is 6.54 Å². The molecule has 3 aromatic heterocycles. The molecule has 3 aromatic rings. The molecule has 3 rings (SSSR count). The van der Waals surface area contributed by atoms with E-state index in [2.05, 4.69) is 9.97 Å². The summed E-state index contributed by atoms with van der Waals surface area (Å²) in [5.41, 5.74) is 7.05. The second kappa shape index (κ2) is 3.94. The molecule has 17 heavy (non-hydrogen) atoms. The molecular weight excluding hydrogens is 256 g/mol. The van der Waals surface area contributed by atoms with Gasteiger partial charge in [-0.3, -0.25) is 9.36 Å². The Labute approximate surface area is 104 Å². The molecule has 0 bridgehead atoms. The predicted octanol–water partition coefficient (Wildman–Crippen LogP) is 1.54. The van der Waals surface area contributed by atoms with E-state index in [-0.39, 0.29) is 5.56 Å². The largest absolute Gasteiger partial charge is 0.375 e. The van der Waals surface area contributed by atoms with E-state index in [9.17, 15) is 4.79 Å². The summed E-state index contributed by atoms with van der Waals surface area (Å²) in [4.78, 5) is 20.4. The third kappa shape index (κ3) is 1.83. The number of aromatic nitrogens is 3. The fraction of sp³-hybridized carbons (Fsp3) is 0.100. The molecular formula is C10H8N4OS2. The number of rotatable bonds is 2. The Morgan fingerprint density at radius 1 is 1.41 bits per heavy atom. The average Bonchev–Trinajstić information content (AvgIpc) is 2.92. The number of anilines is 1. The standard InChI is InChI=1S/C10H8N4OS2/c11-10-13-6(4-17-10)3-14-5-12-7-1-2-16-8(7)9(14)15/h1-2,4-5H,3H2,(H2,11,13). The Balaban J connectivity index is 2.06. The van der Waals surface area contributed by atoms with Gasteiger partial charge in [0.05, 0.1) is 24.1 Å². The van der Waals surface area contributed by atoms with Crippen LogP contribution in [-0.2, 0) is 6.54 Å². The monoisotopic (exact) mass is 264 g/mol. The first-order chi connectivity index (χ1) is 8.24. The van der Waals surface area contributed by atoms with E-state index >= 15 is 0 Å². The third-order valence-electron chi connectivity index (χ3n) is 2.34. The fourth-order valence-electron chi connectivity index (χ4n) is 1.56. The molecule has 0 spiro atoms. The van der Waals surface area contributed by atoms with Crippen LogP contribution in [0.25, 0.3) is 10.2 Å². The van der Waals surface area contributed by atoms with Crippen LogP contribution in [0.4, 0.5) is 5.13 Å². The van der Waals surface area contributed by atoms with Gasteiger partial charge in [-0.15, -0.1) is 22.7 Å². The Bertz CT molecular complexity index is 727. The van der Waals surface area contributed by atoms with E-state index in [1.807, 2.05) is 16.8 Å². The van der Waals surface area contributed by atoms with Gasteiger partial charge in [0.25, 0.3) is 5.56 Å². The fourth-order valence-corrected chi connectivity index (χ4v) is 2.91. The highest BCUT2D eigenvalue weighted by Gasteiger charge is 2.07. The van der Waals surface area contributed by atoms with Crippen LogP contribution < -0.4 is 11.3 Å². The summed E-state index contributed by atoms with van der Waals surface area (Å²) in [7, 11) is 0. The molecule has 5 nitrogen and oxygen atoms in total. The normalized spacial score (nSPS) is 11.1. The number of thiophene rings is 1. The molecule has 3 heterocycles. The minimum Gasteiger partial charge on any atom is -0.375 e. The highest BCUT2D eigenvalue weighted by atomic mass is 32.1. The lowest BCUT2D eigenvalue weighted by Gasteiger charge is -2.01. The van der Waals surface area contributed by atoms with Crippen LogP contribution in [0.5, 0.6) is 0 Å². The van der Waals surface area contributed by atoms with Crippen LogP contribution in [0.1, 0.15) is 5.69 Å². The molecule has 0 saturated heterocycles. The van der Waals surface area contributed by atoms with E-state index in [0.717, 1.165) is 11.2 Å². The summed E-state index contributed by atoms with van der Waals surface area (Å²) in [5, 5.41) is 4.23. The maximum Gasteiger partial charge on any atom is 0.271 e. The molecule has 0 aliphatic heterocycles. The summed E-state index contributed by atoms with van der Waals surface area (Å²) in [6.07, 6.45) is 1.55. The highest BCUT2D eigenvalue weighted by molar-refractivity contribution is 7.17. The van der Waals surface area contributed by atoms with Gasteiger partial charge in [0.2, 0.25) is 0 Å². The van der Waals surface area contributed by atoms with Crippen LogP contribution in [0, 0.1) is 0 Å². The smallest absolute Gasteiger partial charge is 0.271 e. The van der Waals surface area contributed by atoms with Crippen molar-refractivity contribution in [2.75, 3.05) is 5.73 Å². The number of nitrogen functional groups attached to an aromatic ring is 1. The van der Waals surface area contributed by atoms with Gasteiger partial charge in [-0.2, -0.15) is 0 Å². The second-order valence-electron chi connectivity index (χ2n) is 3.49. The van der Waals surface area contributed by atoms with Crippen molar-refractivity contribution in [3.8, 4) is 0 Å². The molecule has 0 amide bonds. The molecule has 0 radical (unpaired) electrons. The molecule has 0 aliphatic carbocycles. The maximum absolute atomic E-state index is 12.1. The number of hydrogen-bond donors (Lipinski definition) is 1. The van der Waals surface area contributed by atoms with Crippen LogP contribution in [-0.4, -0.2) is 14.5 Å². The SMILES string of the molecule is Nc1nc(Cn2cnc3ccsc3c2=O)cs1. The van der Waals surface area contributed by atoms with Crippen LogP contribution >= 0.6 is 22.7 Å². The molecule has 0 aliphatic rings. The first-order valence-electron chi connectivity index (χ1n) is 4.86. The minimum absolute atomic E-state index is 0.0310. The third-order valence-corrected chi connectivity index (χ3v) is 3.95. The first-order valence-corrected chi connectivity index (χ1v) is 6.62. The van der Waals surface area contributed by atoms with E-state index in [1.165, 1.54) is 22.7 Å². The molecule has 7 heteroatoms. The van der Waals surface area contributed by atoms with Crippen molar-refractivity contribution >= 4 is 38.0 Å². The number of hydrogen-bond acceptors (Lipinski definition) is 6. The van der Waals surface area contributed by atoms with Crippen molar-refractivity contribution in [3.63, 3.8) is 0 Å². The number of fused-ring (bicyclic) bond motifs is 1. The van der Waals surface area contributed by atoms with Gasteiger partial charge < -0.3 is 5.73 Å². The maximum atomic E-state index is 12.1. The lowest BCUT2D eigenvalue weighted by atomic mass is 10.4. The molecule has 0 saturated carbocycles. The van der Waals surface area contributed by atoms with Crippen molar-refractivity contribution in [1.29, 1.82) is 0 Å². The van der Waals surface area contributed by atoms with Gasteiger partial charge >= 0.3 is 0 Å². The number of nitrogens with two attached hydrogens (primary N) is 1. The molecule has 0 aromatic carbocycles. The molecule has 0 unspecified atom stereocenters. The van der Waals surface area contributed by atoms with Gasteiger partial charge in [-0.1, -0.05) is 0 Å². The topological polar surface area (TPSA) is 73.8 Å². The summed E-state index contributed by atoms with van der Waals surface area (Å²) in [6.45, 7) is 0.410. The lowest BCUT2D eigenvalue weighted by Crippen LogP contribution is -2.20. The van der Waals surface area contributed by atoms with Gasteiger partial charge in [-0.05, 0) is 11.4 Å². The zero-order valence-corrected chi connectivity index (χ0v) is 10.3. The molecule has 0 atom stereocenters. The van der Waals surface area contributed by atoms with Crippen molar-refractivity contribution in [2.24, 2.45) is 0 Å². The lowest BCUT2D eigenvalue weighted by molar-refractivity contribution is 0.736. The molecule has 0 fully saturated rings. The van der Waals surface area contributed by atoms with E-state index in [1.54, 1.807) is 10.9 Å². The first kappa shape index (κ1) is 10.4. The van der Waals surface area contributed by atoms with Crippen LogP contribution in [0.2, 0.25) is 0 Å². The van der Waals surface area contributed by atoms with Crippen molar-refractivity contribution < 1.29 is 0 Å². The van der Waals surface area contributed by atoms with Gasteiger partial charge in [0, 0.05) is 5.38 Å². The Kier molecular flexibility index (Phi) is 2.41. The van der Waals surface area contributed by atoms with E-state index < -0.39 is 0 Å². The Hall–Kier alpha value is -1.73. The number of nitrogens with zero attached hydrogens (tertiary/aromatic N) is 3. The van der Waals surface area contributed by atoms with Gasteiger partial charge in [0.15, 0.2) is 5.13 Å². The van der Waals surface area contributed by atoms with Gasteiger partial charge in [-0.25, -0.2) is 9.97 Å². The minimum atomic E-state index is -0.0310. The summed E-state index contributed by atoms with van der Waals surface area (Å²) < 4.78 is 2.23. The predicted molar refractivity (Wildman–Crippen MR) is 69.5 cm³/mol. The van der Waals surface area contributed by atoms with E-state index in [4.69, 9.17) is 5.73 Å². The van der Waals surface area contributed by atoms with Crippen molar-refractivity contribution in [1.82, 2.24) is 14.5 Å². The molecule has 86 valence electrons. The zero-order chi connectivity index (χ0) is 11.8. The second-order valence-corrected chi connectivity index (χ2v) is 5.30. The Morgan fingerprint density at radius 3 is 3.06 bits per heavy atom. The Morgan fingerprint density at radius 2 is 2.29 bits per heavy atom. The van der Waals surface area contributed by atoms with E-state index in [0.29, 0.717) is 16.4 Å². The summed E-state index contributed by atoms with van der Waals surface area (Å²) in [5.74, 6) is 0. The van der Waals surface area contributed by atoms with Crippen LogP contribution in [0.3, 0.4) is 0 Å².